The zero-order valence-electron chi connectivity index (χ0n) is 5.70. The van der Waals surface area contributed by atoms with Crippen LogP contribution in [0.5, 0.6) is 0 Å². The molecule has 1 unspecified atom stereocenters. The van der Waals surface area contributed by atoms with Crippen molar-refractivity contribution in [2.24, 2.45) is 0 Å². The third-order valence-electron chi connectivity index (χ3n) is 0.968. The molecule has 5 heteroatoms. The number of rotatable bonds is 2. The van der Waals surface area contributed by atoms with Crippen LogP contribution >= 0.6 is 8.03 Å². The van der Waals surface area contributed by atoms with E-state index in [4.69, 9.17) is 0 Å². The van der Waals surface area contributed by atoms with Gasteiger partial charge in [-0.25, -0.2) is 0 Å². The molecule has 4 nitrogen and oxygen atoms in total. The molecule has 0 fully saturated rings. The van der Waals surface area contributed by atoms with E-state index in [2.05, 4.69) is 14.2 Å². The van der Waals surface area contributed by atoms with Crippen molar-refractivity contribution in [1.82, 2.24) is 5.16 Å². The fourth-order valence-electron chi connectivity index (χ4n) is 0.533. The van der Waals surface area contributed by atoms with Gasteiger partial charge in [-0.15, -0.1) is 4.52 Å². The Morgan fingerprint density at radius 3 is 2.90 bits per heavy atom. The Balaban J connectivity index is 2.85. The molecular weight excluding hydrogens is 153 g/mol. The monoisotopic (exact) mass is 160 g/mol. The maximum Gasteiger partial charge on any atom is 0.572 e. The van der Waals surface area contributed by atoms with Gasteiger partial charge in [-0.2, -0.15) is 0 Å². The summed E-state index contributed by atoms with van der Waals surface area (Å²) < 4.78 is 20.0. The summed E-state index contributed by atoms with van der Waals surface area (Å²) in [4.78, 5) is 0. The third-order valence-corrected chi connectivity index (χ3v) is 1.88. The molecule has 0 amide bonds. The molecule has 0 aliphatic carbocycles. The van der Waals surface area contributed by atoms with Gasteiger partial charge in [0, 0.05) is 0 Å². The standard InChI is InChI=1S/C5H7NO3P/c1-4-3-5(6-9-4)10(7)8-2/h3H,1-2H3/q+1. The molecule has 0 saturated carbocycles. The van der Waals surface area contributed by atoms with Crippen LogP contribution in [-0.2, 0) is 9.09 Å². The van der Waals surface area contributed by atoms with E-state index in [1.54, 1.807) is 13.0 Å². The molecule has 0 aromatic carbocycles. The lowest BCUT2D eigenvalue weighted by Crippen LogP contribution is -1.95. The smallest absolute Gasteiger partial charge is 0.357 e. The highest BCUT2D eigenvalue weighted by Crippen LogP contribution is 2.18. The normalized spacial score (nSPS) is 11.6. The topological polar surface area (TPSA) is 52.3 Å². The number of hydrogen-bond acceptors (Lipinski definition) is 4. The van der Waals surface area contributed by atoms with Gasteiger partial charge in [-0.3, -0.25) is 0 Å². The molecule has 0 aliphatic rings. The van der Waals surface area contributed by atoms with E-state index in [0.29, 0.717) is 11.2 Å². The summed E-state index contributed by atoms with van der Waals surface area (Å²) in [7, 11) is -0.444. The SMILES string of the molecule is CO[P+](=O)c1cc(C)on1. The van der Waals surface area contributed by atoms with Crippen LogP contribution in [0.25, 0.3) is 0 Å². The summed E-state index contributed by atoms with van der Waals surface area (Å²) in [6.07, 6.45) is 0. The molecule has 0 saturated heterocycles. The molecule has 0 bridgehead atoms. The van der Waals surface area contributed by atoms with E-state index in [9.17, 15) is 4.57 Å². The fraction of sp³-hybridized carbons (Fsp3) is 0.400. The Labute approximate surface area is 59.0 Å². The summed E-state index contributed by atoms with van der Waals surface area (Å²) in [6.45, 7) is 1.73. The van der Waals surface area contributed by atoms with Crippen molar-refractivity contribution in [1.29, 1.82) is 0 Å². The van der Waals surface area contributed by atoms with Crippen LogP contribution in [0.15, 0.2) is 10.6 Å². The van der Waals surface area contributed by atoms with Crippen molar-refractivity contribution < 1.29 is 13.6 Å². The van der Waals surface area contributed by atoms with Gasteiger partial charge in [0.15, 0.2) is 0 Å². The third kappa shape index (κ3) is 1.40. The van der Waals surface area contributed by atoms with Crippen molar-refractivity contribution in [3.63, 3.8) is 0 Å². The van der Waals surface area contributed by atoms with E-state index in [-0.39, 0.29) is 0 Å². The van der Waals surface area contributed by atoms with Crippen molar-refractivity contribution >= 4 is 13.5 Å². The molecule has 1 aromatic rings. The zero-order valence-corrected chi connectivity index (χ0v) is 6.59. The average molecular weight is 160 g/mol. The van der Waals surface area contributed by atoms with Gasteiger partial charge in [0.05, 0.1) is 13.2 Å². The summed E-state index contributed by atoms with van der Waals surface area (Å²) in [6, 6.07) is 1.59. The summed E-state index contributed by atoms with van der Waals surface area (Å²) in [5, 5.41) is 3.50. The predicted molar refractivity (Wildman–Crippen MR) is 35.5 cm³/mol. The van der Waals surface area contributed by atoms with Crippen molar-refractivity contribution in [3.8, 4) is 0 Å². The van der Waals surface area contributed by atoms with Crippen LogP contribution in [-0.4, -0.2) is 12.3 Å². The van der Waals surface area contributed by atoms with Gasteiger partial charge in [-0.05, 0) is 16.6 Å². The molecule has 54 valence electrons. The zero-order chi connectivity index (χ0) is 7.56. The van der Waals surface area contributed by atoms with Crippen LogP contribution in [0.1, 0.15) is 5.76 Å². The van der Waals surface area contributed by atoms with Gasteiger partial charge >= 0.3 is 13.5 Å². The first-order valence-electron chi connectivity index (χ1n) is 2.68. The molecule has 0 spiro atoms. The number of nitrogens with zero attached hydrogens (tertiary/aromatic N) is 1. The largest absolute Gasteiger partial charge is 0.572 e. The number of aryl methyl sites for hydroxylation is 1. The van der Waals surface area contributed by atoms with Crippen molar-refractivity contribution in [3.05, 3.63) is 11.8 Å². The van der Waals surface area contributed by atoms with Crippen LogP contribution in [0.3, 0.4) is 0 Å². The van der Waals surface area contributed by atoms with Gasteiger partial charge in [-0.1, -0.05) is 0 Å². The average Bonchev–Trinajstić information content (AvgIpc) is 2.34. The molecular formula is C5H7NO3P+. The summed E-state index contributed by atoms with van der Waals surface area (Å²) in [5.74, 6) is 0.635. The Hall–Kier alpha value is -0.730. The fourth-order valence-corrected chi connectivity index (χ4v) is 1.11. The number of aromatic nitrogens is 1. The van der Waals surface area contributed by atoms with Crippen LogP contribution in [0, 0.1) is 6.92 Å². The van der Waals surface area contributed by atoms with Gasteiger partial charge in [0.1, 0.15) is 5.76 Å². The highest BCUT2D eigenvalue weighted by Gasteiger charge is 2.24. The Morgan fingerprint density at radius 2 is 2.50 bits per heavy atom. The van der Waals surface area contributed by atoms with E-state index in [0.717, 1.165) is 0 Å². The minimum Gasteiger partial charge on any atom is -0.357 e. The Bertz CT molecular complexity index is 245. The Morgan fingerprint density at radius 1 is 1.80 bits per heavy atom. The van der Waals surface area contributed by atoms with Crippen LogP contribution < -0.4 is 5.44 Å². The molecule has 1 aromatic heterocycles. The lowest BCUT2D eigenvalue weighted by atomic mass is 10.5. The van der Waals surface area contributed by atoms with Crippen LogP contribution in [0.4, 0.5) is 0 Å². The van der Waals surface area contributed by atoms with Gasteiger partial charge in [0.25, 0.3) is 0 Å². The van der Waals surface area contributed by atoms with Gasteiger partial charge in [0.2, 0.25) is 0 Å². The lowest BCUT2D eigenvalue weighted by Gasteiger charge is -1.68. The molecule has 1 atom stereocenters. The van der Waals surface area contributed by atoms with Crippen LogP contribution in [0.2, 0.25) is 0 Å². The van der Waals surface area contributed by atoms with E-state index in [1.807, 2.05) is 0 Å². The summed E-state index contributed by atoms with van der Waals surface area (Å²) in [5.41, 5.74) is 0.356. The van der Waals surface area contributed by atoms with Crippen molar-refractivity contribution in [2.75, 3.05) is 7.11 Å². The highest BCUT2D eigenvalue weighted by atomic mass is 31.1. The minimum atomic E-state index is -1.81. The molecule has 0 N–H and O–H groups in total. The predicted octanol–water partition coefficient (Wildman–Crippen LogP) is 0.997. The quantitative estimate of drug-likeness (QED) is 0.605. The first-order valence-corrected chi connectivity index (χ1v) is 3.86. The number of hydrogen-bond donors (Lipinski definition) is 0. The maximum atomic E-state index is 10.8. The molecule has 0 aliphatic heterocycles. The van der Waals surface area contributed by atoms with E-state index < -0.39 is 8.03 Å². The molecule has 10 heavy (non-hydrogen) atoms. The minimum absolute atomic E-state index is 0.356. The van der Waals surface area contributed by atoms with Gasteiger partial charge < -0.3 is 4.52 Å². The molecule has 1 heterocycles. The molecule has 1 rings (SSSR count). The second kappa shape index (κ2) is 2.90. The summed E-state index contributed by atoms with van der Waals surface area (Å²) >= 11 is 0. The van der Waals surface area contributed by atoms with E-state index >= 15 is 0 Å². The maximum absolute atomic E-state index is 10.8. The lowest BCUT2D eigenvalue weighted by molar-refractivity contribution is 0.395. The first-order chi connectivity index (χ1) is 4.74. The molecule has 0 radical (unpaired) electrons. The first kappa shape index (κ1) is 7.38. The van der Waals surface area contributed by atoms with Crippen molar-refractivity contribution in [2.45, 2.75) is 6.92 Å². The Kier molecular flexibility index (Phi) is 2.14. The second-order valence-corrected chi connectivity index (χ2v) is 3.07. The highest BCUT2D eigenvalue weighted by molar-refractivity contribution is 7.48. The van der Waals surface area contributed by atoms with E-state index in [1.165, 1.54) is 7.11 Å². The second-order valence-electron chi connectivity index (χ2n) is 1.74.